The van der Waals surface area contributed by atoms with Crippen LogP contribution in [0.5, 0.6) is 5.88 Å². The maximum Gasteiger partial charge on any atom is 0.240 e. The third-order valence-electron chi connectivity index (χ3n) is 3.79. The van der Waals surface area contributed by atoms with Crippen LogP contribution in [0.15, 0.2) is 41.1 Å². The molecule has 0 spiro atoms. The lowest BCUT2D eigenvalue weighted by atomic mass is 10.0. The lowest BCUT2D eigenvalue weighted by molar-refractivity contribution is 0.393. The molecule has 1 aromatic carbocycles. The van der Waals surface area contributed by atoms with Gasteiger partial charge in [-0.25, -0.2) is 9.37 Å². The number of hydrogen-bond donors (Lipinski definition) is 1. The third kappa shape index (κ3) is 2.95. The van der Waals surface area contributed by atoms with Crippen molar-refractivity contribution in [2.45, 2.75) is 20.4 Å². The first-order chi connectivity index (χ1) is 11.6. The number of benzene rings is 1. The van der Waals surface area contributed by atoms with E-state index in [1.807, 2.05) is 30.3 Å². The fourth-order valence-electron chi connectivity index (χ4n) is 2.61. The number of aryl methyl sites for hydroxylation is 2. The Morgan fingerprint density at radius 3 is 2.58 bits per heavy atom. The van der Waals surface area contributed by atoms with E-state index in [-0.39, 0.29) is 11.6 Å². The van der Waals surface area contributed by atoms with E-state index >= 15 is 4.39 Å². The minimum atomic E-state index is -0.438. The maximum absolute atomic E-state index is 15.1. The second-order valence-electron chi connectivity index (χ2n) is 5.41. The first kappa shape index (κ1) is 16.0. The number of hydrogen-bond acceptors (Lipinski definition) is 5. The summed E-state index contributed by atoms with van der Waals surface area (Å²) in [5.41, 5.74) is 2.82. The van der Waals surface area contributed by atoms with Crippen LogP contribution in [0.2, 0.25) is 0 Å². The fourth-order valence-corrected chi connectivity index (χ4v) is 2.61. The third-order valence-corrected chi connectivity index (χ3v) is 3.79. The number of pyridine rings is 1. The summed E-state index contributed by atoms with van der Waals surface area (Å²) >= 11 is 0. The van der Waals surface area contributed by atoms with Crippen LogP contribution < -0.4 is 10.1 Å². The predicted octanol–water partition coefficient (Wildman–Crippen LogP) is 4.11. The van der Waals surface area contributed by atoms with Gasteiger partial charge in [0.05, 0.1) is 18.4 Å². The zero-order valence-corrected chi connectivity index (χ0v) is 13.8. The molecule has 0 saturated carbocycles. The minimum absolute atomic E-state index is 0.207. The van der Waals surface area contributed by atoms with Gasteiger partial charge >= 0.3 is 0 Å². The van der Waals surface area contributed by atoms with Gasteiger partial charge < -0.3 is 14.6 Å². The van der Waals surface area contributed by atoms with E-state index in [0.29, 0.717) is 29.1 Å². The van der Waals surface area contributed by atoms with Crippen LogP contribution in [0.4, 0.5) is 10.1 Å². The molecule has 0 radical (unpaired) electrons. The van der Waals surface area contributed by atoms with Gasteiger partial charge in [-0.3, -0.25) is 0 Å². The van der Waals surface area contributed by atoms with Crippen molar-refractivity contribution in [3.05, 3.63) is 59.4 Å². The lowest BCUT2D eigenvalue weighted by Crippen LogP contribution is -2.06. The Morgan fingerprint density at radius 2 is 1.96 bits per heavy atom. The fraction of sp³-hybridized carbons (Fsp3) is 0.222. The zero-order valence-electron chi connectivity index (χ0n) is 13.8. The van der Waals surface area contributed by atoms with Crippen LogP contribution in [-0.4, -0.2) is 17.3 Å². The molecule has 2 heterocycles. The van der Waals surface area contributed by atoms with Gasteiger partial charge in [-0.05, 0) is 19.4 Å². The van der Waals surface area contributed by atoms with Crippen LogP contribution in [0, 0.1) is 19.7 Å². The topological polar surface area (TPSA) is 60.2 Å². The van der Waals surface area contributed by atoms with Gasteiger partial charge in [0.1, 0.15) is 11.4 Å². The molecule has 3 aromatic rings. The summed E-state index contributed by atoms with van der Waals surface area (Å²) in [6, 6.07) is 9.72. The first-order valence-corrected chi connectivity index (χ1v) is 7.55. The van der Waals surface area contributed by atoms with Crippen LogP contribution in [0.25, 0.3) is 11.1 Å². The van der Waals surface area contributed by atoms with E-state index in [1.54, 1.807) is 13.8 Å². The molecule has 24 heavy (non-hydrogen) atoms. The standard InChI is InChI=1S/C18H18FN3O2/c1-11-15(12(2)24-22-11)14-10-21-18(23-3)17(16(14)19)20-9-13-7-5-4-6-8-13/h4-8,10,20H,9H2,1-3H3. The normalized spacial score (nSPS) is 10.7. The minimum Gasteiger partial charge on any atom is -0.479 e. The Kier molecular flexibility index (Phi) is 4.46. The second kappa shape index (κ2) is 6.70. The van der Waals surface area contributed by atoms with Crippen LogP contribution in [0.1, 0.15) is 17.0 Å². The molecule has 0 aliphatic carbocycles. The predicted molar refractivity (Wildman–Crippen MR) is 89.5 cm³/mol. The molecule has 1 N–H and O–H groups in total. The number of rotatable bonds is 5. The number of aromatic nitrogens is 2. The van der Waals surface area contributed by atoms with E-state index in [4.69, 9.17) is 9.26 Å². The quantitative estimate of drug-likeness (QED) is 0.764. The molecule has 0 amide bonds. The van der Waals surface area contributed by atoms with Gasteiger partial charge in [0, 0.05) is 18.3 Å². The van der Waals surface area contributed by atoms with E-state index in [0.717, 1.165) is 5.56 Å². The summed E-state index contributed by atoms with van der Waals surface area (Å²) in [6.07, 6.45) is 1.44. The van der Waals surface area contributed by atoms with E-state index in [2.05, 4.69) is 15.5 Å². The Labute approximate surface area is 139 Å². The lowest BCUT2D eigenvalue weighted by Gasteiger charge is -2.14. The van der Waals surface area contributed by atoms with Gasteiger partial charge in [-0.1, -0.05) is 35.5 Å². The second-order valence-corrected chi connectivity index (χ2v) is 5.41. The number of methoxy groups -OCH3 is 1. The van der Waals surface area contributed by atoms with Crippen LogP contribution in [0.3, 0.4) is 0 Å². The van der Waals surface area contributed by atoms with E-state index < -0.39 is 5.82 Å². The number of ether oxygens (including phenoxy) is 1. The molecule has 3 rings (SSSR count). The zero-order chi connectivity index (χ0) is 17.1. The van der Waals surface area contributed by atoms with Crippen molar-refractivity contribution in [2.24, 2.45) is 0 Å². The summed E-state index contributed by atoms with van der Waals surface area (Å²) in [4.78, 5) is 4.21. The van der Waals surface area contributed by atoms with Crippen molar-refractivity contribution in [2.75, 3.05) is 12.4 Å². The molecule has 0 aliphatic heterocycles. The largest absolute Gasteiger partial charge is 0.479 e. The number of anilines is 1. The number of nitrogens with one attached hydrogen (secondary N) is 1. The summed E-state index contributed by atoms with van der Waals surface area (Å²) < 4.78 is 25.4. The highest BCUT2D eigenvalue weighted by molar-refractivity contribution is 5.73. The molecule has 6 heteroatoms. The Morgan fingerprint density at radius 1 is 1.21 bits per heavy atom. The van der Waals surface area contributed by atoms with Crippen LogP contribution in [-0.2, 0) is 6.54 Å². The van der Waals surface area contributed by atoms with Crippen molar-refractivity contribution in [3.8, 4) is 17.0 Å². The molecular weight excluding hydrogens is 309 g/mol. The highest BCUT2D eigenvalue weighted by Crippen LogP contribution is 2.35. The molecule has 0 fully saturated rings. The van der Waals surface area contributed by atoms with Gasteiger partial charge in [-0.15, -0.1) is 0 Å². The summed E-state index contributed by atoms with van der Waals surface area (Å²) in [6.45, 7) is 3.98. The van der Waals surface area contributed by atoms with Gasteiger partial charge in [0.25, 0.3) is 0 Å². The van der Waals surface area contributed by atoms with Gasteiger partial charge in [-0.2, -0.15) is 0 Å². The molecule has 0 aliphatic rings. The van der Waals surface area contributed by atoms with E-state index in [1.165, 1.54) is 13.3 Å². The molecule has 5 nitrogen and oxygen atoms in total. The first-order valence-electron chi connectivity index (χ1n) is 7.55. The highest BCUT2D eigenvalue weighted by atomic mass is 19.1. The van der Waals surface area contributed by atoms with Crippen molar-refractivity contribution < 1.29 is 13.7 Å². The average molecular weight is 327 g/mol. The van der Waals surface area contributed by atoms with Gasteiger partial charge in [0.2, 0.25) is 5.88 Å². The number of nitrogens with zero attached hydrogens (tertiary/aromatic N) is 2. The summed E-state index contributed by atoms with van der Waals surface area (Å²) in [5, 5.41) is 6.95. The molecule has 124 valence electrons. The monoisotopic (exact) mass is 327 g/mol. The number of halogens is 1. The van der Waals surface area contributed by atoms with Crippen molar-refractivity contribution in [1.82, 2.24) is 10.1 Å². The van der Waals surface area contributed by atoms with E-state index in [9.17, 15) is 0 Å². The molecule has 0 saturated heterocycles. The molecule has 0 atom stereocenters. The van der Waals surface area contributed by atoms with Crippen molar-refractivity contribution in [3.63, 3.8) is 0 Å². The molecule has 2 aromatic heterocycles. The Balaban J connectivity index is 2.00. The summed E-state index contributed by atoms with van der Waals surface area (Å²) in [5.74, 6) is 0.318. The van der Waals surface area contributed by atoms with Crippen molar-refractivity contribution >= 4 is 5.69 Å². The van der Waals surface area contributed by atoms with Crippen LogP contribution >= 0.6 is 0 Å². The molecule has 0 bridgehead atoms. The maximum atomic E-state index is 15.1. The summed E-state index contributed by atoms with van der Waals surface area (Å²) in [7, 11) is 1.46. The average Bonchev–Trinajstić information content (AvgIpc) is 2.93. The highest BCUT2D eigenvalue weighted by Gasteiger charge is 2.21. The Bertz CT molecular complexity index is 827. The van der Waals surface area contributed by atoms with Crippen molar-refractivity contribution in [1.29, 1.82) is 0 Å². The van der Waals surface area contributed by atoms with Gasteiger partial charge in [0.15, 0.2) is 5.82 Å². The smallest absolute Gasteiger partial charge is 0.240 e. The molecular formula is C18H18FN3O2. The SMILES string of the molecule is COc1ncc(-c2c(C)noc2C)c(F)c1NCc1ccccc1. The Hall–Kier alpha value is -2.89. The molecule has 0 unspecified atom stereocenters.